The highest BCUT2D eigenvalue weighted by Crippen LogP contribution is 2.33. The molecule has 0 radical (unpaired) electrons. The lowest BCUT2D eigenvalue weighted by molar-refractivity contribution is -0.384. The average molecular weight is 398 g/mol. The van der Waals surface area contributed by atoms with Crippen LogP contribution in [0.1, 0.15) is 29.1 Å². The third-order valence-electron chi connectivity index (χ3n) is 4.93. The summed E-state index contributed by atoms with van der Waals surface area (Å²) in [5.74, 6) is 0.110. The molecule has 0 aliphatic heterocycles. The lowest BCUT2D eigenvalue weighted by atomic mass is 9.97. The summed E-state index contributed by atoms with van der Waals surface area (Å²) in [5, 5.41) is 14.0. The van der Waals surface area contributed by atoms with Gasteiger partial charge in [0, 0.05) is 22.7 Å². The number of hydrogen-bond donors (Lipinski definition) is 1. The summed E-state index contributed by atoms with van der Waals surface area (Å²) in [6.45, 7) is 1.56. The van der Waals surface area contributed by atoms with Gasteiger partial charge in [-0.2, -0.15) is 0 Å². The van der Waals surface area contributed by atoms with Crippen molar-refractivity contribution in [3.63, 3.8) is 0 Å². The maximum absolute atomic E-state index is 13.1. The predicted molar refractivity (Wildman–Crippen MR) is 107 cm³/mol. The Morgan fingerprint density at radius 1 is 1.29 bits per heavy atom. The van der Waals surface area contributed by atoms with Crippen molar-refractivity contribution in [2.45, 2.75) is 39.2 Å². The van der Waals surface area contributed by atoms with E-state index in [1.54, 1.807) is 18.3 Å². The van der Waals surface area contributed by atoms with E-state index in [0.29, 0.717) is 16.9 Å². The number of nitrogens with zero attached hydrogens (tertiary/aromatic N) is 3. The molecular weight excluding hydrogens is 380 g/mol. The number of fused-ring (bicyclic) bond motifs is 3. The van der Waals surface area contributed by atoms with E-state index in [1.807, 2.05) is 0 Å². The van der Waals surface area contributed by atoms with Gasteiger partial charge in [-0.3, -0.25) is 24.3 Å². The first-order chi connectivity index (χ1) is 13.4. The van der Waals surface area contributed by atoms with E-state index in [2.05, 4.69) is 10.3 Å². The number of benzene rings is 1. The molecular formula is C19H18N4O4S. The van der Waals surface area contributed by atoms with E-state index < -0.39 is 4.92 Å². The number of amides is 1. The topological polar surface area (TPSA) is 107 Å². The normalized spacial score (nSPS) is 13.3. The summed E-state index contributed by atoms with van der Waals surface area (Å²) in [6.07, 6.45) is 4.05. The van der Waals surface area contributed by atoms with E-state index in [4.69, 9.17) is 0 Å². The van der Waals surface area contributed by atoms with Crippen LogP contribution in [-0.2, 0) is 24.2 Å². The highest BCUT2D eigenvalue weighted by molar-refractivity contribution is 7.18. The van der Waals surface area contributed by atoms with E-state index in [0.717, 1.165) is 36.1 Å². The molecule has 8 nitrogen and oxygen atoms in total. The number of thiophene rings is 1. The number of hydrogen-bond acceptors (Lipinski definition) is 6. The van der Waals surface area contributed by atoms with Crippen molar-refractivity contribution in [2.75, 3.05) is 5.32 Å². The van der Waals surface area contributed by atoms with Crippen LogP contribution in [0, 0.1) is 17.0 Å². The van der Waals surface area contributed by atoms with Crippen molar-refractivity contribution in [1.82, 2.24) is 9.55 Å². The Hall–Kier alpha value is -3.07. The number of nitrogens with one attached hydrogen (secondary N) is 1. The van der Waals surface area contributed by atoms with Crippen LogP contribution in [0.4, 0.5) is 11.4 Å². The van der Waals surface area contributed by atoms with Gasteiger partial charge in [-0.1, -0.05) is 0 Å². The quantitative estimate of drug-likeness (QED) is 0.536. The van der Waals surface area contributed by atoms with E-state index in [-0.39, 0.29) is 23.7 Å². The summed E-state index contributed by atoms with van der Waals surface area (Å²) in [6, 6.07) is 5.56. The number of carbonyl (C=O) groups is 1. The van der Waals surface area contributed by atoms with Crippen molar-refractivity contribution in [2.24, 2.45) is 0 Å². The number of rotatable bonds is 4. The lowest BCUT2D eigenvalue weighted by Gasteiger charge is -2.12. The van der Waals surface area contributed by atoms with Crippen LogP contribution < -0.4 is 10.9 Å². The first-order valence-corrected chi connectivity index (χ1v) is 9.81. The monoisotopic (exact) mass is 398 g/mol. The molecule has 28 heavy (non-hydrogen) atoms. The van der Waals surface area contributed by atoms with Crippen LogP contribution in [-0.4, -0.2) is 20.4 Å². The van der Waals surface area contributed by atoms with Crippen molar-refractivity contribution >= 4 is 38.8 Å². The number of nitro groups is 1. The molecule has 0 fully saturated rings. The van der Waals surface area contributed by atoms with Crippen LogP contribution >= 0.6 is 11.3 Å². The van der Waals surface area contributed by atoms with Crippen LogP contribution in [0.3, 0.4) is 0 Å². The third kappa shape index (κ3) is 3.29. The fraction of sp³-hybridized carbons (Fsp3) is 0.316. The van der Waals surface area contributed by atoms with E-state index in [1.165, 1.54) is 33.7 Å². The standard InChI is InChI=1S/C19H18N4O4S/c1-11-20-18-17(14-4-2-3-5-15(14)28-18)19(25)22(11)10-16(24)21-12-6-8-13(9-7-12)23(26)27/h6-9H,2-5,10H2,1H3,(H,21,24). The molecule has 1 aliphatic carbocycles. The minimum Gasteiger partial charge on any atom is -0.325 e. The first kappa shape index (κ1) is 18.3. The highest BCUT2D eigenvalue weighted by atomic mass is 32.1. The number of carbonyl (C=O) groups excluding carboxylic acids is 1. The van der Waals surface area contributed by atoms with Gasteiger partial charge in [0.25, 0.3) is 11.2 Å². The molecule has 1 N–H and O–H groups in total. The number of aryl methyl sites for hydroxylation is 3. The number of anilines is 1. The predicted octanol–water partition coefficient (Wildman–Crippen LogP) is 3.19. The molecule has 0 atom stereocenters. The zero-order valence-electron chi connectivity index (χ0n) is 15.2. The summed E-state index contributed by atoms with van der Waals surface area (Å²) in [5.41, 5.74) is 1.29. The van der Waals surface area contributed by atoms with E-state index >= 15 is 0 Å². The Labute approximate surface area is 164 Å². The second kappa shape index (κ2) is 7.16. The van der Waals surface area contributed by atoms with Crippen LogP contribution in [0.15, 0.2) is 29.1 Å². The van der Waals surface area contributed by atoms with Gasteiger partial charge in [-0.15, -0.1) is 11.3 Å². The smallest absolute Gasteiger partial charge is 0.269 e. The summed E-state index contributed by atoms with van der Waals surface area (Å²) >= 11 is 1.58. The molecule has 0 unspecified atom stereocenters. The fourth-order valence-electron chi connectivity index (χ4n) is 3.54. The molecule has 2 aromatic heterocycles. The molecule has 3 aromatic rings. The molecule has 0 bridgehead atoms. The Morgan fingerprint density at radius 2 is 2.00 bits per heavy atom. The largest absolute Gasteiger partial charge is 0.325 e. The Kier molecular flexibility index (Phi) is 4.68. The zero-order chi connectivity index (χ0) is 19.8. The number of non-ortho nitro benzene ring substituents is 1. The minimum absolute atomic E-state index is 0.0538. The molecule has 0 saturated heterocycles. The molecule has 1 aromatic carbocycles. The number of nitro benzene ring substituents is 1. The second-order valence-electron chi connectivity index (χ2n) is 6.79. The molecule has 0 saturated carbocycles. The van der Waals surface area contributed by atoms with Gasteiger partial charge in [0.15, 0.2) is 0 Å². The van der Waals surface area contributed by atoms with Crippen LogP contribution in [0.5, 0.6) is 0 Å². The summed E-state index contributed by atoms with van der Waals surface area (Å²) in [7, 11) is 0. The second-order valence-corrected chi connectivity index (χ2v) is 7.88. The number of aromatic nitrogens is 2. The van der Waals surface area contributed by atoms with Crippen molar-refractivity contribution in [3.8, 4) is 0 Å². The SMILES string of the molecule is Cc1nc2sc3c(c2c(=O)n1CC(=O)Nc1ccc([N+](=O)[O-])cc1)CCCC3. The fourth-order valence-corrected chi connectivity index (χ4v) is 4.83. The van der Waals surface area contributed by atoms with Gasteiger partial charge in [0.05, 0.1) is 10.3 Å². The molecule has 9 heteroatoms. The van der Waals surface area contributed by atoms with Gasteiger partial charge in [0.2, 0.25) is 5.91 Å². The summed E-state index contributed by atoms with van der Waals surface area (Å²) < 4.78 is 1.39. The molecule has 144 valence electrons. The van der Waals surface area contributed by atoms with Crippen LogP contribution in [0.2, 0.25) is 0 Å². The van der Waals surface area contributed by atoms with Gasteiger partial charge in [-0.05, 0) is 50.3 Å². The molecule has 0 spiro atoms. The highest BCUT2D eigenvalue weighted by Gasteiger charge is 2.21. The van der Waals surface area contributed by atoms with Crippen LogP contribution in [0.25, 0.3) is 10.2 Å². The van der Waals surface area contributed by atoms with Crippen molar-refractivity contribution in [3.05, 3.63) is 61.0 Å². The Balaban J connectivity index is 1.61. The van der Waals surface area contributed by atoms with Crippen molar-refractivity contribution in [1.29, 1.82) is 0 Å². The maximum Gasteiger partial charge on any atom is 0.269 e. The maximum atomic E-state index is 13.1. The Bertz CT molecular complexity index is 1150. The lowest BCUT2D eigenvalue weighted by Crippen LogP contribution is -2.30. The van der Waals surface area contributed by atoms with Gasteiger partial charge in [0.1, 0.15) is 17.2 Å². The van der Waals surface area contributed by atoms with Gasteiger partial charge >= 0.3 is 0 Å². The van der Waals surface area contributed by atoms with Gasteiger partial charge in [-0.25, -0.2) is 4.98 Å². The molecule has 4 rings (SSSR count). The minimum atomic E-state index is -0.503. The average Bonchev–Trinajstić information content (AvgIpc) is 3.03. The Morgan fingerprint density at radius 3 is 2.71 bits per heavy atom. The van der Waals surface area contributed by atoms with Gasteiger partial charge < -0.3 is 5.32 Å². The summed E-state index contributed by atoms with van der Waals surface area (Å²) in [4.78, 5) is 42.3. The van der Waals surface area contributed by atoms with Crippen molar-refractivity contribution < 1.29 is 9.72 Å². The molecule has 1 amide bonds. The third-order valence-corrected chi connectivity index (χ3v) is 6.11. The van der Waals surface area contributed by atoms with E-state index in [9.17, 15) is 19.7 Å². The first-order valence-electron chi connectivity index (χ1n) is 9.00. The molecule has 1 aliphatic rings. The molecule has 2 heterocycles. The zero-order valence-corrected chi connectivity index (χ0v) is 16.0.